The molecular formula is C13H17N. The summed E-state index contributed by atoms with van der Waals surface area (Å²) >= 11 is 0. The largest absolute Gasteiger partial charge is 0.292 e. The summed E-state index contributed by atoms with van der Waals surface area (Å²) in [6, 6.07) is 5.37. The first-order valence-corrected chi connectivity index (χ1v) is 4.29. The molecule has 14 heavy (non-hydrogen) atoms. The van der Waals surface area contributed by atoms with Crippen LogP contribution in [-0.2, 0) is 6.37 Å². The van der Waals surface area contributed by atoms with Crippen molar-refractivity contribution in [3.8, 4) is 12.3 Å². The normalized spacial score (nSPS) is 22.9. The van der Waals surface area contributed by atoms with Gasteiger partial charge in [0.1, 0.15) is 0 Å². The molecule has 74 valence electrons. The van der Waals surface area contributed by atoms with Gasteiger partial charge < -0.3 is 0 Å². The van der Waals surface area contributed by atoms with Crippen LogP contribution in [-0.4, -0.2) is 24.5 Å². The van der Waals surface area contributed by atoms with E-state index in [9.17, 15) is 0 Å². The highest BCUT2D eigenvalue weighted by atomic mass is 15.1. The molecule has 1 aromatic carbocycles. The van der Waals surface area contributed by atoms with Crippen LogP contribution in [0, 0.1) is 12.3 Å². The molecule has 0 aliphatic carbocycles. The second kappa shape index (κ2) is 5.47. The van der Waals surface area contributed by atoms with E-state index in [2.05, 4.69) is 5.92 Å². The Bertz CT molecular complexity index is 490. The lowest BCUT2D eigenvalue weighted by atomic mass is 10.1. The van der Waals surface area contributed by atoms with Gasteiger partial charge in [0.25, 0.3) is 0 Å². The van der Waals surface area contributed by atoms with Crippen molar-refractivity contribution in [1.82, 2.24) is 4.90 Å². The van der Waals surface area contributed by atoms with Crippen molar-refractivity contribution in [2.75, 3.05) is 13.6 Å². The van der Waals surface area contributed by atoms with Gasteiger partial charge in [-0.3, -0.25) is 4.90 Å². The zero-order chi connectivity index (χ0) is 15.6. The Balaban J connectivity index is 3.42. The highest BCUT2D eigenvalue weighted by molar-refractivity contribution is 5.15. The van der Waals surface area contributed by atoms with E-state index in [0.29, 0.717) is 0 Å². The van der Waals surface area contributed by atoms with Gasteiger partial charge in [-0.05, 0) is 25.8 Å². The number of benzene rings is 1. The van der Waals surface area contributed by atoms with Crippen LogP contribution < -0.4 is 0 Å². The van der Waals surface area contributed by atoms with E-state index >= 15 is 0 Å². The Labute approximate surface area is 95.2 Å². The van der Waals surface area contributed by atoms with Crippen molar-refractivity contribution >= 4 is 0 Å². The molecule has 1 atom stereocenters. The lowest BCUT2D eigenvalue weighted by Crippen LogP contribution is -2.31. The summed E-state index contributed by atoms with van der Waals surface area (Å²) < 4.78 is 47.5. The smallest absolute Gasteiger partial charge is 0.0598 e. The molecule has 0 saturated heterocycles. The van der Waals surface area contributed by atoms with Crippen molar-refractivity contribution in [1.29, 1.82) is 0 Å². The fourth-order valence-electron chi connectivity index (χ4n) is 0.970. The number of terminal acetylenes is 1. The standard InChI is InChI=1S/C13H17N/c1-4-10-14(3)12(2)11-13-8-6-5-7-9-13/h1,5-9,12H,10-11H2,2-3H3/t12-/m1/s1/i2D3,11D2,12D. The number of hydrogen-bond acceptors (Lipinski definition) is 1. The van der Waals surface area contributed by atoms with E-state index in [4.69, 9.17) is 14.6 Å². The summed E-state index contributed by atoms with van der Waals surface area (Å²) in [7, 11) is 1.35. The molecule has 0 unspecified atom stereocenters. The van der Waals surface area contributed by atoms with Gasteiger partial charge in [-0.15, -0.1) is 6.42 Å². The molecular weight excluding hydrogens is 170 g/mol. The topological polar surface area (TPSA) is 3.24 Å². The number of nitrogens with zero attached hydrogens (tertiary/aromatic N) is 1. The van der Waals surface area contributed by atoms with E-state index in [1.54, 1.807) is 18.2 Å². The Morgan fingerprint density at radius 2 is 2.36 bits per heavy atom. The van der Waals surface area contributed by atoms with Crippen LogP contribution in [0.2, 0.25) is 0 Å². The zero-order valence-electron chi connectivity index (χ0n) is 14.1. The molecule has 0 bridgehead atoms. The molecule has 0 aliphatic rings. The van der Waals surface area contributed by atoms with Crippen molar-refractivity contribution in [2.24, 2.45) is 0 Å². The predicted molar refractivity (Wildman–Crippen MR) is 61.1 cm³/mol. The van der Waals surface area contributed by atoms with E-state index in [1.807, 2.05) is 0 Å². The second-order valence-electron chi connectivity index (χ2n) is 2.90. The molecule has 0 aromatic heterocycles. The highest BCUT2D eigenvalue weighted by Crippen LogP contribution is 2.06. The van der Waals surface area contributed by atoms with Gasteiger partial charge in [-0.2, -0.15) is 0 Å². The zero-order valence-corrected chi connectivity index (χ0v) is 8.12. The average Bonchev–Trinajstić information content (AvgIpc) is 2.37. The maximum Gasteiger partial charge on any atom is 0.0598 e. The SMILES string of the molecule is [2H]C([2H])([2H])[C@@]([2H])(N(C)CC#C)C([2H])([2H])c1ccccc1. The van der Waals surface area contributed by atoms with Crippen molar-refractivity contribution in [2.45, 2.75) is 19.2 Å². The van der Waals surface area contributed by atoms with Crippen LogP contribution in [0.15, 0.2) is 30.3 Å². The van der Waals surface area contributed by atoms with Crippen LogP contribution in [0.5, 0.6) is 0 Å². The van der Waals surface area contributed by atoms with Gasteiger partial charge in [0.2, 0.25) is 0 Å². The quantitative estimate of drug-likeness (QED) is 0.663. The van der Waals surface area contributed by atoms with E-state index in [1.165, 1.54) is 19.2 Å². The Kier molecular flexibility index (Phi) is 1.95. The van der Waals surface area contributed by atoms with Gasteiger partial charge in [0.05, 0.1) is 6.54 Å². The number of likely N-dealkylation sites (N-methyl/N-ethyl adjacent to an activating group) is 1. The molecule has 0 spiro atoms. The van der Waals surface area contributed by atoms with Crippen LogP contribution in [0.1, 0.15) is 20.6 Å². The molecule has 0 heterocycles. The Morgan fingerprint density at radius 1 is 1.64 bits per heavy atom. The summed E-state index contributed by atoms with van der Waals surface area (Å²) in [5.41, 5.74) is 0.134. The van der Waals surface area contributed by atoms with Crippen molar-refractivity contribution in [3.05, 3.63) is 35.9 Å². The third kappa shape index (κ3) is 3.24. The van der Waals surface area contributed by atoms with Crippen LogP contribution in [0.25, 0.3) is 0 Å². The molecule has 1 rings (SSSR count). The van der Waals surface area contributed by atoms with Crippen LogP contribution in [0.4, 0.5) is 0 Å². The Morgan fingerprint density at radius 3 is 2.93 bits per heavy atom. The molecule has 0 amide bonds. The van der Waals surface area contributed by atoms with Gasteiger partial charge in [0, 0.05) is 14.2 Å². The summed E-state index contributed by atoms with van der Waals surface area (Å²) in [4.78, 5) is 1.05. The summed E-state index contributed by atoms with van der Waals surface area (Å²) in [6.45, 7) is -2.99. The predicted octanol–water partition coefficient (Wildman–Crippen LogP) is 2.18. The summed E-state index contributed by atoms with van der Waals surface area (Å²) in [6.07, 6.45) is 2.76. The summed E-state index contributed by atoms with van der Waals surface area (Å²) in [5.74, 6) is 2.26. The van der Waals surface area contributed by atoms with Crippen LogP contribution >= 0.6 is 0 Å². The third-order valence-corrected chi connectivity index (χ3v) is 1.75. The lowest BCUT2D eigenvalue weighted by molar-refractivity contribution is 0.287. The molecule has 0 aliphatic heterocycles. The third-order valence-electron chi connectivity index (χ3n) is 1.75. The second-order valence-corrected chi connectivity index (χ2v) is 2.90. The van der Waals surface area contributed by atoms with E-state index in [-0.39, 0.29) is 12.1 Å². The van der Waals surface area contributed by atoms with Crippen molar-refractivity contribution < 1.29 is 8.22 Å². The first kappa shape index (κ1) is 5.00. The molecule has 0 radical (unpaired) electrons. The van der Waals surface area contributed by atoms with Crippen molar-refractivity contribution in [3.63, 3.8) is 0 Å². The lowest BCUT2D eigenvalue weighted by Gasteiger charge is -2.22. The minimum Gasteiger partial charge on any atom is -0.292 e. The van der Waals surface area contributed by atoms with Gasteiger partial charge in [-0.1, -0.05) is 36.3 Å². The highest BCUT2D eigenvalue weighted by Gasteiger charge is 2.07. The average molecular weight is 193 g/mol. The first-order chi connectivity index (χ1) is 9.09. The fraction of sp³-hybridized carbons (Fsp3) is 0.385. The number of rotatable bonds is 4. The fourth-order valence-corrected chi connectivity index (χ4v) is 0.970. The van der Waals surface area contributed by atoms with Gasteiger partial charge in [-0.25, -0.2) is 0 Å². The minimum absolute atomic E-state index is 0.131. The maximum absolute atomic E-state index is 8.31. The van der Waals surface area contributed by atoms with E-state index < -0.39 is 19.2 Å². The molecule has 0 N–H and O–H groups in total. The van der Waals surface area contributed by atoms with Gasteiger partial charge in [0.15, 0.2) is 0 Å². The number of hydrogen-bond donors (Lipinski definition) is 0. The monoisotopic (exact) mass is 193 g/mol. The first-order valence-electron chi connectivity index (χ1n) is 7.29. The molecule has 1 heteroatoms. The molecule has 0 fully saturated rings. The minimum atomic E-state index is -2.86. The van der Waals surface area contributed by atoms with E-state index in [0.717, 1.165) is 4.90 Å². The van der Waals surface area contributed by atoms with Crippen LogP contribution in [0.3, 0.4) is 0 Å². The summed E-state index contributed by atoms with van der Waals surface area (Å²) in [5, 5.41) is 0. The molecule has 1 aromatic rings. The Hall–Kier alpha value is -1.26. The van der Waals surface area contributed by atoms with Gasteiger partial charge >= 0.3 is 0 Å². The molecule has 0 saturated carbocycles. The molecule has 1 nitrogen and oxygen atoms in total. The maximum atomic E-state index is 8.31.